The van der Waals surface area contributed by atoms with Crippen LogP contribution in [-0.2, 0) is 27.2 Å². The van der Waals surface area contributed by atoms with Crippen molar-refractivity contribution in [3.63, 3.8) is 0 Å². The summed E-state index contributed by atoms with van der Waals surface area (Å²) in [7, 11) is -7.52. The molecule has 7 nitrogen and oxygen atoms in total. The van der Waals surface area contributed by atoms with E-state index in [1.807, 2.05) is 0 Å². The first-order valence-electron chi connectivity index (χ1n) is 7.79. The van der Waals surface area contributed by atoms with Crippen molar-refractivity contribution >= 4 is 32.1 Å². The van der Waals surface area contributed by atoms with Crippen LogP contribution in [0, 0.1) is 0 Å². The largest absolute Gasteiger partial charge is 0.362 e. The lowest BCUT2D eigenvalue weighted by atomic mass is 10.2. The molecular formula is C15H24O7P2. The van der Waals surface area contributed by atoms with Crippen molar-refractivity contribution in [2.75, 3.05) is 26.4 Å². The fourth-order valence-corrected chi connectivity index (χ4v) is 6.16. The monoisotopic (exact) mass is 378 g/mol. The Balaban J connectivity index is 3.63. The summed E-state index contributed by atoms with van der Waals surface area (Å²) < 4.78 is 47.6. The SMILES string of the molecule is CCOP(=O)(OCC)c1ccc(C=O)cc1P(=O)(OCC)OCC. The van der Waals surface area contributed by atoms with Gasteiger partial charge in [0, 0.05) is 5.56 Å². The van der Waals surface area contributed by atoms with Gasteiger partial charge < -0.3 is 18.1 Å². The Bertz CT molecular complexity index is 625. The smallest absolute Gasteiger partial charge is 0.305 e. The van der Waals surface area contributed by atoms with Gasteiger partial charge in [-0.1, -0.05) is 6.07 Å². The van der Waals surface area contributed by atoms with Gasteiger partial charge in [-0.2, -0.15) is 0 Å². The Kier molecular flexibility index (Phi) is 8.51. The van der Waals surface area contributed by atoms with Crippen LogP contribution in [0.1, 0.15) is 38.1 Å². The zero-order chi connectivity index (χ0) is 18.2. The van der Waals surface area contributed by atoms with E-state index in [0.29, 0.717) is 6.29 Å². The van der Waals surface area contributed by atoms with E-state index in [0.717, 1.165) is 0 Å². The summed E-state index contributed by atoms with van der Waals surface area (Å²) >= 11 is 0. The zero-order valence-corrected chi connectivity index (χ0v) is 16.2. The molecule has 0 amide bonds. The first kappa shape index (κ1) is 21.2. The molecule has 0 N–H and O–H groups in total. The highest BCUT2D eigenvalue weighted by Gasteiger charge is 2.38. The van der Waals surface area contributed by atoms with Gasteiger partial charge in [0.25, 0.3) is 0 Å². The van der Waals surface area contributed by atoms with Crippen LogP contribution in [-0.4, -0.2) is 32.7 Å². The molecule has 0 radical (unpaired) electrons. The molecule has 0 aromatic heterocycles. The van der Waals surface area contributed by atoms with Crippen LogP contribution in [0.3, 0.4) is 0 Å². The Morgan fingerprint density at radius 3 is 1.58 bits per heavy atom. The summed E-state index contributed by atoms with van der Waals surface area (Å²) in [5.74, 6) is 0. The van der Waals surface area contributed by atoms with Gasteiger partial charge in [-0.15, -0.1) is 0 Å². The van der Waals surface area contributed by atoms with Gasteiger partial charge in [-0.25, -0.2) is 0 Å². The second-order valence-corrected chi connectivity index (χ2v) is 8.52. The summed E-state index contributed by atoms with van der Waals surface area (Å²) in [4.78, 5) is 11.1. The number of carbonyl (C=O) groups excluding carboxylic acids is 1. The van der Waals surface area contributed by atoms with Gasteiger partial charge in [0.1, 0.15) is 6.29 Å². The second kappa shape index (κ2) is 9.62. The second-order valence-electron chi connectivity index (χ2n) is 4.53. The first-order chi connectivity index (χ1) is 11.4. The summed E-state index contributed by atoms with van der Waals surface area (Å²) in [5, 5.41) is 0.114. The molecule has 0 aliphatic heterocycles. The van der Waals surface area contributed by atoms with Crippen LogP contribution >= 0.6 is 15.2 Å². The highest BCUT2D eigenvalue weighted by atomic mass is 31.2. The third-order valence-corrected chi connectivity index (χ3v) is 7.43. The number of hydrogen-bond acceptors (Lipinski definition) is 7. The van der Waals surface area contributed by atoms with Gasteiger partial charge in [0.2, 0.25) is 0 Å². The molecule has 0 fully saturated rings. The molecule has 0 bridgehead atoms. The Hall–Kier alpha value is -0.810. The molecule has 0 saturated heterocycles. The molecule has 0 atom stereocenters. The van der Waals surface area contributed by atoms with Crippen molar-refractivity contribution in [3.05, 3.63) is 23.8 Å². The van der Waals surface area contributed by atoms with Crippen molar-refractivity contribution in [1.29, 1.82) is 0 Å². The van der Waals surface area contributed by atoms with Crippen LogP contribution in [0.5, 0.6) is 0 Å². The third kappa shape index (κ3) is 4.85. The van der Waals surface area contributed by atoms with E-state index >= 15 is 0 Å². The molecule has 1 aromatic carbocycles. The van der Waals surface area contributed by atoms with Crippen LogP contribution in [0.15, 0.2) is 18.2 Å². The molecule has 0 spiro atoms. The number of rotatable bonds is 11. The lowest BCUT2D eigenvalue weighted by molar-refractivity contribution is 0.112. The van der Waals surface area contributed by atoms with Crippen LogP contribution in [0.25, 0.3) is 0 Å². The molecule has 1 aromatic rings. The molecule has 0 aliphatic carbocycles. The van der Waals surface area contributed by atoms with Crippen molar-refractivity contribution in [2.24, 2.45) is 0 Å². The van der Waals surface area contributed by atoms with Gasteiger partial charge >= 0.3 is 15.2 Å². The van der Waals surface area contributed by atoms with Gasteiger partial charge in [0.05, 0.1) is 37.0 Å². The summed E-state index contributed by atoms with van der Waals surface area (Å²) in [6.45, 7) is 7.20. The average Bonchev–Trinajstić information content (AvgIpc) is 2.55. The third-order valence-electron chi connectivity index (χ3n) is 2.92. The minimum absolute atomic E-state index is 0.0287. The molecule has 0 unspecified atom stereocenters. The molecule has 0 heterocycles. The number of aldehydes is 1. The predicted octanol–water partition coefficient (Wildman–Crippen LogP) is 3.28. The van der Waals surface area contributed by atoms with Gasteiger partial charge in [0.15, 0.2) is 0 Å². The molecular weight excluding hydrogens is 354 g/mol. The zero-order valence-electron chi connectivity index (χ0n) is 14.4. The van der Waals surface area contributed by atoms with Crippen LogP contribution in [0.2, 0.25) is 0 Å². The molecule has 24 heavy (non-hydrogen) atoms. The van der Waals surface area contributed by atoms with Crippen molar-refractivity contribution in [3.8, 4) is 0 Å². The first-order valence-corrected chi connectivity index (χ1v) is 10.9. The lowest BCUT2D eigenvalue weighted by Crippen LogP contribution is -2.29. The summed E-state index contributed by atoms with van der Waals surface area (Å²) in [6.07, 6.45) is 0.599. The highest BCUT2D eigenvalue weighted by Crippen LogP contribution is 2.52. The van der Waals surface area contributed by atoms with E-state index < -0.39 is 15.2 Å². The molecule has 0 saturated carbocycles. The van der Waals surface area contributed by atoms with E-state index in [1.54, 1.807) is 27.7 Å². The topological polar surface area (TPSA) is 88.1 Å². The fraction of sp³-hybridized carbons (Fsp3) is 0.533. The lowest BCUT2D eigenvalue weighted by Gasteiger charge is -2.24. The predicted molar refractivity (Wildman–Crippen MR) is 92.8 cm³/mol. The van der Waals surface area contributed by atoms with Crippen molar-refractivity contribution in [2.45, 2.75) is 27.7 Å². The van der Waals surface area contributed by atoms with E-state index in [1.165, 1.54) is 18.2 Å². The fourth-order valence-electron chi connectivity index (χ4n) is 2.10. The van der Waals surface area contributed by atoms with E-state index in [-0.39, 0.29) is 42.6 Å². The molecule has 136 valence electrons. The number of carbonyl (C=O) groups is 1. The summed E-state index contributed by atoms with van der Waals surface area (Å²) in [6, 6.07) is 4.22. The van der Waals surface area contributed by atoms with E-state index in [9.17, 15) is 13.9 Å². The van der Waals surface area contributed by atoms with Crippen LogP contribution < -0.4 is 10.6 Å². The number of benzene rings is 1. The minimum atomic E-state index is -3.78. The Morgan fingerprint density at radius 2 is 1.21 bits per heavy atom. The molecule has 1 rings (SSSR count). The van der Waals surface area contributed by atoms with Gasteiger partial charge in [-0.3, -0.25) is 13.9 Å². The normalized spacial score (nSPS) is 12.3. The maximum Gasteiger partial charge on any atom is 0.362 e. The quantitative estimate of drug-likeness (QED) is 0.431. The van der Waals surface area contributed by atoms with Crippen molar-refractivity contribution < 1.29 is 32.0 Å². The highest BCUT2D eigenvalue weighted by molar-refractivity contribution is 7.68. The standard InChI is InChI=1S/C15H24O7P2/c1-5-19-23(17,20-6-2)14-10-9-13(12-16)11-15(14)24(18,21-7-3)22-8-4/h9-12H,5-8H2,1-4H3. The van der Waals surface area contributed by atoms with Crippen LogP contribution in [0.4, 0.5) is 0 Å². The average molecular weight is 378 g/mol. The van der Waals surface area contributed by atoms with Crippen molar-refractivity contribution in [1.82, 2.24) is 0 Å². The van der Waals surface area contributed by atoms with Gasteiger partial charge in [-0.05, 0) is 39.8 Å². The maximum absolute atomic E-state index is 13.2. The number of hydrogen-bond donors (Lipinski definition) is 0. The molecule has 9 heteroatoms. The minimum Gasteiger partial charge on any atom is -0.305 e. The Labute approximate surface area is 142 Å². The van der Waals surface area contributed by atoms with E-state index in [2.05, 4.69) is 0 Å². The molecule has 0 aliphatic rings. The summed E-state index contributed by atoms with van der Waals surface area (Å²) in [5.41, 5.74) is 0.257. The Morgan fingerprint density at radius 1 is 0.792 bits per heavy atom. The maximum atomic E-state index is 13.2. The van der Waals surface area contributed by atoms with E-state index in [4.69, 9.17) is 18.1 Å².